The first-order valence-electron chi connectivity index (χ1n) is 33.6. The molecule has 108 heavy (non-hydrogen) atoms. The fraction of sp³-hybridized carbons (Fsp3) is 0.128. The van der Waals surface area contributed by atoms with E-state index in [0.29, 0.717) is 85.6 Å². The van der Waals surface area contributed by atoms with Gasteiger partial charge in [-0.15, -0.1) is 0 Å². The van der Waals surface area contributed by atoms with Crippen molar-refractivity contribution in [3.8, 4) is 61.4 Å². The van der Waals surface area contributed by atoms with Gasteiger partial charge in [-0.25, -0.2) is 35.1 Å². The summed E-state index contributed by atoms with van der Waals surface area (Å²) in [6, 6.07) is 53.1. The number of aryl methyl sites for hydroxylation is 2. The Morgan fingerprint density at radius 1 is 0.352 bits per heavy atom. The third-order valence-corrected chi connectivity index (χ3v) is 17.6. The first-order chi connectivity index (χ1) is 52.0. The molecule has 13 nitrogen and oxygen atoms in total. The molecule has 0 spiro atoms. The Balaban J connectivity index is 0.000000134. The van der Waals surface area contributed by atoms with Crippen LogP contribution in [0.5, 0.6) is 5.75 Å². The molecule has 15 aromatic rings. The van der Waals surface area contributed by atoms with Gasteiger partial charge in [-0.3, -0.25) is 24.0 Å². The highest BCUT2D eigenvalue weighted by Crippen LogP contribution is 2.35. The van der Waals surface area contributed by atoms with Crippen LogP contribution in [0.3, 0.4) is 0 Å². The largest absolute Gasteiger partial charge is 0.496 e. The first-order valence-corrected chi connectivity index (χ1v) is 34.7. The summed E-state index contributed by atoms with van der Waals surface area (Å²) in [6.07, 6.45) is -0.191. The minimum absolute atomic E-state index is 0.0197. The predicted octanol–water partition coefficient (Wildman–Crippen LogP) is 20.9. The summed E-state index contributed by atoms with van der Waals surface area (Å²) in [5.74, 6) is -2.41. The lowest BCUT2D eigenvalue weighted by Gasteiger charge is -2.12. The molecular weight excluding hydrogens is 1470 g/mol. The standard InChI is InChI=1S/C18H15FO2.C17H12BrFO3.2C17H12F2O3.C17H12F2O2/c1-2-7-14-16(12-8-4-3-5-9-12)18(20)17-13(19)10-6-11-15(17)21-14;1-21-12-6-3-7-13-16(12)17(20)15(14(9-18)22-13)10-4-2-5-11(19)8-10;1-9(20)17-14(10-4-2-5-11(18)8-10)16(21)15-12(19)6-3-7-13(15)22-17;1-9(20)17-14(10-5-7-11(18)8-6-10)16(21)15-12(19)3-2-4-13(15)22-17;1-2-13-15(10-6-8-11(18)9-7-10)17(20)16-12(19)4-3-5-14(16)21-13/h3-6,8-11H,2,7H2,1H3;2-8H,9H2,1H3;2*2-9,20H,1H3;3-9H,2H2,1H3. The molecule has 2 unspecified atom stereocenters. The van der Waals surface area contributed by atoms with Crippen molar-refractivity contribution in [2.45, 2.75) is 64.5 Å². The molecule has 0 bridgehead atoms. The van der Waals surface area contributed by atoms with E-state index in [1.807, 2.05) is 44.2 Å². The smallest absolute Gasteiger partial charge is 0.204 e. The van der Waals surface area contributed by atoms with Crippen LogP contribution in [0.2, 0.25) is 0 Å². The molecule has 0 fully saturated rings. The van der Waals surface area contributed by atoms with Crippen molar-refractivity contribution in [2.24, 2.45) is 0 Å². The van der Waals surface area contributed by atoms with Gasteiger partial charge in [0, 0.05) is 12.8 Å². The molecule has 5 heterocycles. The van der Waals surface area contributed by atoms with Gasteiger partial charge >= 0.3 is 0 Å². The number of rotatable bonds is 12. The van der Waals surface area contributed by atoms with Crippen molar-refractivity contribution in [1.29, 1.82) is 0 Å². The first kappa shape index (κ1) is 77.0. The summed E-state index contributed by atoms with van der Waals surface area (Å²) < 4.78 is 142. The molecule has 0 saturated carbocycles. The van der Waals surface area contributed by atoms with E-state index in [9.17, 15) is 69.3 Å². The van der Waals surface area contributed by atoms with E-state index in [-0.39, 0.29) is 82.9 Å². The number of hydrogen-bond donors (Lipinski definition) is 2. The van der Waals surface area contributed by atoms with E-state index in [0.717, 1.165) is 30.2 Å². The molecule has 2 N–H and O–H groups in total. The number of alkyl halides is 1. The summed E-state index contributed by atoms with van der Waals surface area (Å²) in [5.41, 5.74) is 2.33. The normalized spacial score (nSPS) is 11.6. The molecule has 2 atom stereocenters. The lowest BCUT2D eigenvalue weighted by molar-refractivity contribution is 0.171. The van der Waals surface area contributed by atoms with Crippen LogP contribution in [0.1, 0.15) is 75.1 Å². The summed E-state index contributed by atoms with van der Waals surface area (Å²) in [4.78, 5) is 63.6. The fourth-order valence-corrected chi connectivity index (χ4v) is 12.6. The highest BCUT2D eigenvalue weighted by molar-refractivity contribution is 9.08. The fourth-order valence-electron chi connectivity index (χ4n) is 12.2. The number of aliphatic hydroxyl groups excluding tert-OH is 2. The summed E-state index contributed by atoms with van der Waals surface area (Å²) in [6.45, 7) is 6.73. The number of methoxy groups -OCH3 is 1. The second-order valence-electron chi connectivity index (χ2n) is 24.3. The maximum atomic E-state index is 14.0. The molecule has 0 saturated heterocycles. The molecule has 0 aliphatic carbocycles. The van der Waals surface area contributed by atoms with E-state index in [4.69, 9.17) is 26.8 Å². The zero-order valence-corrected chi connectivity index (χ0v) is 59.6. The monoisotopic (exact) mass is 1530 g/mol. The van der Waals surface area contributed by atoms with Gasteiger partial charge < -0.3 is 37.0 Å². The Hall–Kier alpha value is -12.1. The lowest BCUT2D eigenvalue weighted by Crippen LogP contribution is -2.12. The van der Waals surface area contributed by atoms with Crippen molar-refractivity contribution in [3.05, 3.63) is 345 Å². The Bertz CT molecular complexity index is 6150. The second kappa shape index (κ2) is 34.0. The highest BCUT2D eigenvalue weighted by Gasteiger charge is 2.26. The highest BCUT2D eigenvalue weighted by atomic mass is 79.9. The van der Waals surface area contributed by atoms with E-state index < -0.39 is 75.0 Å². The van der Waals surface area contributed by atoms with Crippen LogP contribution in [0.4, 0.5) is 35.1 Å². The SMILES string of the molecule is CC(O)c1oc2cccc(F)c2c(=O)c1-c1ccc(F)cc1.CC(O)c1oc2cccc(F)c2c(=O)c1-c1cccc(F)c1.CCCc1oc2cccc(F)c2c(=O)c1-c1ccccc1.CCc1oc2cccc(F)c2c(=O)c1-c1ccc(F)cc1.COc1cccc2oc(CBr)c(-c3cccc(F)c3)c(=O)c12. The van der Waals surface area contributed by atoms with Crippen LogP contribution >= 0.6 is 15.9 Å². The third kappa shape index (κ3) is 16.3. The average molecular weight is 1540 g/mol. The topological polar surface area (TPSA) is 201 Å². The van der Waals surface area contributed by atoms with Gasteiger partial charge in [-0.2, -0.15) is 0 Å². The number of benzene rings is 10. The molecule has 0 radical (unpaired) electrons. The molecule has 548 valence electrons. The molecule has 10 aromatic carbocycles. The zero-order chi connectivity index (χ0) is 77.2. The van der Waals surface area contributed by atoms with Gasteiger partial charge in [0.1, 0.15) is 148 Å². The minimum Gasteiger partial charge on any atom is -0.496 e. The van der Waals surface area contributed by atoms with E-state index in [2.05, 4.69) is 15.9 Å². The van der Waals surface area contributed by atoms with E-state index in [1.165, 1.54) is 142 Å². The van der Waals surface area contributed by atoms with Crippen LogP contribution in [0.15, 0.2) is 264 Å². The number of aliphatic hydroxyl groups is 2. The van der Waals surface area contributed by atoms with Crippen molar-refractivity contribution >= 4 is 70.8 Å². The maximum absolute atomic E-state index is 14.0. The van der Waals surface area contributed by atoms with E-state index >= 15 is 0 Å². The maximum Gasteiger partial charge on any atom is 0.204 e. The van der Waals surface area contributed by atoms with Crippen LogP contribution in [-0.2, 0) is 18.2 Å². The molecule has 22 heteroatoms. The quantitative estimate of drug-likeness (QED) is 0.0865. The number of ether oxygens (including phenoxy) is 1. The van der Waals surface area contributed by atoms with E-state index in [1.54, 1.807) is 48.5 Å². The van der Waals surface area contributed by atoms with Gasteiger partial charge in [0.05, 0.1) is 40.3 Å². The summed E-state index contributed by atoms with van der Waals surface area (Å²) >= 11 is 3.32. The number of hydrogen-bond acceptors (Lipinski definition) is 13. The van der Waals surface area contributed by atoms with Gasteiger partial charge in [0.2, 0.25) is 27.1 Å². The number of fused-ring (bicyclic) bond motifs is 5. The number of halogens is 9. The lowest BCUT2D eigenvalue weighted by atomic mass is 10.00. The molecule has 0 aliphatic heterocycles. The Labute approximate surface area is 617 Å². The second-order valence-corrected chi connectivity index (χ2v) is 24.9. The van der Waals surface area contributed by atoms with Crippen molar-refractivity contribution < 1.29 is 72.2 Å². The van der Waals surface area contributed by atoms with Crippen molar-refractivity contribution in [1.82, 2.24) is 0 Å². The van der Waals surface area contributed by atoms with Gasteiger partial charge in [0.15, 0.2) is 0 Å². The minimum atomic E-state index is -1.10. The predicted molar refractivity (Wildman–Crippen MR) is 403 cm³/mol. The molecular formula is C86H63BrF8O13. The Kier molecular flexibility index (Phi) is 24.2. The van der Waals surface area contributed by atoms with Gasteiger partial charge in [-0.1, -0.05) is 139 Å². The Morgan fingerprint density at radius 2 is 0.676 bits per heavy atom. The average Bonchev–Trinajstić information content (AvgIpc) is 0.790. The molecule has 0 aliphatic rings. The van der Waals surface area contributed by atoms with Crippen LogP contribution in [0, 0.1) is 46.5 Å². The summed E-state index contributed by atoms with van der Waals surface area (Å²) in [5, 5.41) is 20.0. The zero-order valence-electron chi connectivity index (χ0n) is 58.1. The van der Waals surface area contributed by atoms with Gasteiger partial charge in [0.25, 0.3) is 0 Å². The van der Waals surface area contributed by atoms with Crippen LogP contribution < -0.4 is 31.9 Å². The van der Waals surface area contributed by atoms with Crippen molar-refractivity contribution in [3.63, 3.8) is 0 Å². The molecule has 0 amide bonds. The molecule has 5 aromatic heterocycles. The summed E-state index contributed by atoms with van der Waals surface area (Å²) in [7, 11) is 1.49. The van der Waals surface area contributed by atoms with Crippen molar-refractivity contribution in [2.75, 3.05) is 7.11 Å². The van der Waals surface area contributed by atoms with Gasteiger partial charge in [-0.05, 0) is 157 Å². The van der Waals surface area contributed by atoms with Crippen LogP contribution in [0.25, 0.3) is 110 Å². The van der Waals surface area contributed by atoms with Crippen LogP contribution in [-0.4, -0.2) is 17.3 Å². The third-order valence-electron chi connectivity index (χ3n) is 17.1. The Morgan fingerprint density at radius 3 is 1.08 bits per heavy atom. The molecule has 15 rings (SSSR count).